The number of piperazine rings is 1. The molecular formula is C17H23N3O3S. The Balaban J connectivity index is 1.56. The number of aryl methyl sites for hydroxylation is 1. The topological polar surface area (TPSA) is 70.6 Å². The lowest BCUT2D eigenvalue weighted by molar-refractivity contribution is -0.138. The maximum absolute atomic E-state index is 12.5. The molecule has 0 aromatic carbocycles. The molecule has 130 valence electrons. The molecule has 0 bridgehead atoms. The summed E-state index contributed by atoms with van der Waals surface area (Å²) in [5.41, 5.74) is 1.92. The Bertz CT molecular complexity index is 760. The van der Waals surface area contributed by atoms with Crippen LogP contribution in [0.3, 0.4) is 0 Å². The van der Waals surface area contributed by atoms with Crippen LogP contribution in [-0.2, 0) is 21.2 Å². The predicted molar refractivity (Wildman–Crippen MR) is 90.1 cm³/mol. The molecule has 24 heavy (non-hydrogen) atoms. The van der Waals surface area contributed by atoms with E-state index in [0.29, 0.717) is 19.6 Å². The van der Waals surface area contributed by atoms with Gasteiger partial charge in [0.05, 0.1) is 23.2 Å². The zero-order chi connectivity index (χ0) is 16.9. The number of carbonyl (C=O) groups is 1. The Morgan fingerprint density at radius 1 is 1.21 bits per heavy atom. The van der Waals surface area contributed by atoms with Crippen molar-refractivity contribution < 1.29 is 13.2 Å². The van der Waals surface area contributed by atoms with Crippen LogP contribution >= 0.6 is 0 Å². The predicted octanol–water partition coefficient (Wildman–Crippen LogP) is 0.610. The van der Waals surface area contributed by atoms with Crippen molar-refractivity contribution >= 4 is 15.7 Å². The van der Waals surface area contributed by atoms with Crippen LogP contribution in [0.2, 0.25) is 0 Å². The highest BCUT2D eigenvalue weighted by Crippen LogP contribution is 2.35. The van der Waals surface area contributed by atoms with Crippen LogP contribution in [-0.4, -0.2) is 65.8 Å². The van der Waals surface area contributed by atoms with Gasteiger partial charge in [-0.05, 0) is 31.9 Å². The minimum atomic E-state index is -3.09. The highest BCUT2D eigenvalue weighted by molar-refractivity contribution is 7.91. The van der Waals surface area contributed by atoms with Crippen molar-refractivity contribution in [1.29, 1.82) is 0 Å². The zero-order valence-electron chi connectivity index (χ0n) is 13.9. The number of nitrogens with zero attached hydrogens (tertiary/aromatic N) is 3. The number of pyridine rings is 1. The average Bonchev–Trinajstić information content (AvgIpc) is 3.30. The van der Waals surface area contributed by atoms with Gasteiger partial charge in [0.2, 0.25) is 5.91 Å². The van der Waals surface area contributed by atoms with Gasteiger partial charge in [0.25, 0.3) is 0 Å². The summed E-state index contributed by atoms with van der Waals surface area (Å²) >= 11 is 0. The standard InChI is InChI=1S/C17H23N3O3S/c1-12-3-2-4-14(18-12)9-19-7-8-20(17(21)13-5-6-13)16-11-24(22,23)10-15(16)19/h2-4,13,15-16H,5-11H2,1H3/t15-,16+/m0/s1. The number of fused-ring (bicyclic) bond motifs is 1. The van der Waals surface area contributed by atoms with E-state index in [1.165, 1.54) is 0 Å². The van der Waals surface area contributed by atoms with Gasteiger partial charge >= 0.3 is 0 Å². The van der Waals surface area contributed by atoms with E-state index in [1.807, 2.05) is 30.0 Å². The summed E-state index contributed by atoms with van der Waals surface area (Å²) in [6.07, 6.45) is 1.91. The average molecular weight is 349 g/mol. The van der Waals surface area contributed by atoms with E-state index in [2.05, 4.69) is 9.88 Å². The first-order chi connectivity index (χ1) is 11.4. The molecule has 0 N–H and O–H groups in total. The van der Waals surface area contributed by atoms with Crippen molar-refractivity contribution in [2.75, 3.05) is 24.6 Å². The van der Waals surface area contributed by atoms with Gasteiger partial charge in [-0.15, -0.1) is 0 Å². The molecule has 0 radical (unpaired) electrons. The summed E-state index contributed by atoms with van der Waals surface area (Å²) in [5, 5.41) is 0. The second-order valence-corrected chi connectivity index (χ2v) is 9.41. The third-order valence-corrected chi connectivity index (χ3v) is 7.01. The molecule has 4 rings (SSSR count). The zero-order valence-corrected chi connectivity index (χ0v) is 14.7. The van der Waals surface area contributed by atoms with Gasteiger partial charge in [-0.25, -0.2) is 8.42 Å². The van der Waals surface area contributed by atoms with Crippen LogP contribution in [0, 0.1) is 12.8 Å². The third kappa shape index (κ3) is 3.07. The molecule has 7 heteroatoms. The maximum Gasteiger partial charge on any atom is 0.226 e. The quantitative estimate of drug-likeness (QED) is 0.800. The summed E-state index contributed by atoms with van der Waals surface area (Å²) < 4.78 is 24.4. The summed E-state index contributed by atoms with van der Waals surface area (Å²) in [5.74, 6) is 0.556. The smallest absolute Gasteiger partial charge is 0.226 e. The second kappa shape index (κ2) is 5.81. The molecule has 1 aliphatic carbocycles. The van der Waals surface area contributed by atoms with Gasteiger partial charge in [0.1, 0.15) is 0 Å². The number of hydrogen-bond acceptors (Lipinski definition) is 5. The van der Waals surface area contributed by atoms with Crippen molar-refractivity contribution in [3.05, 3.63) is 29.6 Å². The molecule has 3 fully saturated rings. The molecule has 3 heterocycles. The highest BCUT2D eigenvalue weighted by atomic mass is 32.2. The summed E-state index contributed by atoms with van der Waals surface area (Å²) in [4.78, 5) is 21.1. The van der Waals surface area contributed by atoms with E-state index in [9.17, 15) is 13.2 Å². The van der Waals surface area contributed by atoms with E-state index in [-0.39, 0.29) is 35.4 Å². The van der Waals surface area contributed by atoms with E-state index in [1.54, 1.807) is 0 Å². The van der Waals surface area contributed by atoms with Gasteiger partial charge in [-0.1, -0.05) is 6.07 Å². The molecule has 2 saturated heterocycles. The van der Waals surface area contributed by atoms with Gasteiger partial charge in [-0.2, -0.15) is 0 Å². The molecule has 6 nitrogen and oxygen atoms in total. The van der Waals surface area contributed by atoms with Gasteiger partial charge in [0.15, 0.2) is 9.84 Å². The van der Waals surface area contributed by atoms with Crippen LogP contribution in [0.4, 0.5) is 0 Å². The van der Waals surface area contributed by atoms with Crippen LogP contribution in [0.5, 0.6) is 0 Å². The van der Waals surface area contributed by atoms with Crippen molar-refractivity contribution in [1.82, 2.24) is 14.8 Å². The van der Waals surface area contributed by atoms with Crippen molar-refractivity contribution in [3.8, 4) is 0 Å². The molecule has 1 amide bonds. The number of amides is 1. The molecular weight excluding hydrogens is 326 g/mol. The lowest BCUT2D eigenvalue weighted by Crippen LogP contribution is -2.60. The molecule has 0 unspecified atom stereocenters. The Hall–Kier alpha value is -1.47. The number of rotatable bonds is 3. The van der Waals surface area contributed by atoms with Gasteiger partial charge in [-0.3, -0.25) is 14.7 Å². The first kappa shape index (κ1) is 16.0. The van der Waals surface area contributed by atoms with Gasteiger partial charge < -0.3 is 4.90 Å². The Kier molecular flexibility index (Phi) is 3.88. The van der Waals surface area contributed by atoms with E-state index in [0.717, 1.165) is 24.2 Å². The highest BCUT2D eigenvalue weighted by Gasteiger charge is 2.49. The van der Waals surface area contributed by atoms with E-state index >= 15 is 0 Å². The van der Waals surface area contributed by atoms with Crippen LogP contribution in [0.15, 0.2) is 18.2 Å². The van der Waals surface area contributed by atoms with Crippen molar-refractivity contribution in [3.63, 3.8) is 0 Å². The largest absolute Gasteiger partial charge is 0.336 e. The van der Waals surface area contributed by atoms with Gasteiger partial charge in [0, 0.05) is 37.3 Å². The number of hydrogen-bond donors (Lipinski definition) is 0. The van der Waals surface area contributed by atoms with Crippen LogP contribution < -0.4 is 0 Å². The van der Waals surface area contributed by atoms with Crippen molar-refractivity contribution in [2.24, 2.45) is 5.92 Å². The molecule has 1 aromatic rings. The molecule has 3 aliphatic rings. The van der Waals surface area contributed by atoms with Crippen LogP contribution in [0.1, 0.15) is 24.2 Å². The van der Waals surface area contributed by atoms with Crippen LogP contribution in [0.25, 0.3) is 0 Å². The first-order valence-electron chi connectivity index (χ1n) is 8.60. The lowest BCUT2D eigenvalue weighted by Gasteiger charge is -2.44. The molecule has 1 aromatic heterocycles. The minimum Gasteiger partial charge on any atom is -0.336 e. The van der Waals surface area contributed by atoms with E-state index < -0.39 is 9.84 Å². The lowest BCUT2D eigenvalue weighted by atomic mass is 10.0. The maximum atomic E-state index is 12.5. The summed E-state index contributed by atoms with van der Waals surface area (Å²) in [6, 6.07) is 5.62. The normalized spacial score (nSPS) is 29.5. The minimum absolute atomic E-state index is 0.103. The Morgan fingerprint density at radius 3 is 2.67 bits per heavy atom. The number of carbonyl (C=O) groups excluding carboxylic acids is 1. The monoisotopic (exact) mass is 349 g/mol. The third-order valence-electron chi connectivity index (χ3n) is 5.31. The fourth-order valence-corrected chi connectivity index (χ4v) is 5.97. The fourth-order valence-electron chi connectivity index (χ4n) is 3.96. The molecule has 1 saturated carbocycles. The fraction of sp³-hybridized carbons (Fsp3) is 0.647. The SMILES string of the molecule is Cc1cccc(CN2CCN(C(=O)C3CC3)[C@@H]3CS(=O)(=O)C[C@@H]32)n1. The van der Waals surface area contributed by atoms with E-state index in [4.69, 9.17) is 0 Å². The molecule has 0 spiro atoms. The Labute approximate surface area is 142 Å². The first-order valence-corrected chi connectivity index (χ1v) is 10.4. The Morgan fingerprint density at radius 2 is 1.96 bits per heavy atom. The second-order valence-electron chi connectivity index (χ2n) is 7.26. The number of sulfone groups is 1. The summed E-state index contributed by atoms with van der Waals surface area (Å²) in [7, 11) is -3.09. The summed E-state index contributed by atoms with van der Waals surface area (Å²) in [6.45, 7) is 3.94. The number of aromatic nitrogens is 1. The van der Waals surface area contributed by atoms with Crippen molar-refractivity contribution in [2.45, 2.75) is 38.4 Å². The molecule has 2 aliphatic heterocycles. The molecule has 2 atom stereocenters.